The van der Waals surface area contributed by atoms with E-state index in [-0.39, 0.29) is 28.3 Å². The van der Waals surface area contributed by atoms with Crippen LogP contribution in [-0.2, 0) is 10.0 Å². The molecule has 5 fully saturated rings. The molecule has 6 heteroatoms. The molecule has 5 aliphatic carbocycles. The van der Waals surface area contributed by atoms with E-state index in [0.717, 1.165) is 43.4 Å². The van der Waals surface area contributed by atoms with Gasteiger partial charge in [-0.1, -0.05) is 25.3 Å². The van der Waals surface area contributed by atoms with Crippen molar-refractivity contribution in [2.75, 3.05) is 7.05 Å². The maximum atomic E-state index is 13.3. The van der Waals surface area contributed by atoms with Crippen molar-refractivity contribution in [1.82, 2.24) is 9.62 Å². The maximum absolute atomic E-state index is 13.3. The first kappa shape index (κ1) is 22.4. The molecular formula is C26H38N2O3S. The third-order valence-corrected chi connectivity index (χ3v) is 11.1. The molecule has 5 nitrogen and oxygen atoms in total. The Hall–Kier alpha value is -1.40. The number of rotatable bonds is 6. The second-order valence-electron chi connectivity index (χ2n) is 11.3. The van der Waals surface area contributed by atoms with Gasteiger partial charge >= 0.3 is 0 Å². The van der Waals surface area contributed by atoms with Crippen LogP contribution in [0.5, 0.6) is 0 Å². The van der Waals surface area contributed by atoms with E-state index in [1.807, 2.05) is 0 Å². The fourth-order valence-corrected chi connectivity index (χ4v) is 9.21. The second kappa shape index (κ2) is 8.43. The highest BCUT2D eigenvalue weighted by Crippen LogP contribution is 2.61. The van der Waals surface area contributed by atoms with E-state index in [2.05, 4.69) is 12.2 Å². The minimum atomic E-state index is -3.61. The van der Waals surface area contributed by atoms with Gasteiger partial charge in [0.2, 0.25) is 10.0 Å². The molecule has 1 aromatic carbocycles. The molecule has 1 aromatic rings. The second-order valence-corrected chi connectivity index (χ2v) is 13.3. The van der Waals surface area contributed by atoms with E-state index in [0.29, 0.717) is 5.56 Å². The molecule has 32 heavy (non-hydrogen) atoms. The van der Waals surface area contributed by atoms with Gasteiger partial charge in [0.1, 0.15) is 0 Å². The molecule has 1 N–H and O–H groups in total. The van der Waals surface area contributed by atoms with E-state index in [1.54, 1.807) is 31.3 Å². The van der Waals surface area contributed by atoms with Crippen molar-refractivity contribution in [3.8, 4) is 0 Å². The normalized spacial score (nSPS) is 33.4. The quantitative estimate of drug-likeness (QED) is 0.654. The Morgan fingerprint density at radius 3 is 2.22 bits per heavy atom. The minimum Gasteiger partial charge on any atom is -0.349 e. The number of nitrogens with one attached hydrogen (secondary N) is 1. The van der Waals surface area contributed by atoms with Gasteiger partial charge in [0.05, 0.1) is 4.90 Å². The lowest BCUT2D eigenvalue weighted by molar-refractivity contribution is -0.0688. The van der Waals surface area contributed by atoms with Crippen molar-refractivity contribution < 1.29 is 13.2 Å². The summed E-state index contributed by atoms with van der Waals surface area (Å²) in [5.74, 6) is 2.36. The topological polar surface area (TPSA) is 66.5 Å². The van der Waals surface area contributed by atoms with Gasteiger partial charge in [0, 0.05) is 24.7 Å². The molecular weight excluding hydrogens is 420 g/mol. The standard InChI is InChI=1S/C26H38N2O3S/c1-18(26-15-19-11-20(16-26)13-21(12-19)17-26)27-25(29)22-7-6-10-24(14-22)32(30,31)28(2)23-8-4-3-5-9-23/h6-7,10,14,18-21,23H,3-5,8-9,11-13,15-17H2,1-2H3,(H,27,29). The molecule has 0 aromatic heterocycles. The molecule has 0 aliphatic heterocycles. The molecule has 6 rings (SSSR count). The van der Waals surface area contributed by atoms with Crippen molar-refractivity contribution in [3.63, 3.8) is 0 Å². The Balaban J connectivity index is 1.30. The summed E-state index contributed by atoms with van der Waals surface area (Å²) in [6.45, 7) is 2.17. The highest BCUT2D eigenvalue weighted by atomic mass is 32.2. The van der Waals surface area contributed by atoms with E-state index in [9.17, 15) is 13.2 Å². The van der Waals surface area contributed by atoms with Gasteiger partial charge in [-0.3, -0.25) is 4.79 Å². The molecule has 5 saturated carbocycles. The Labute approximate surface area is 193 Å². The first-order chi connectivity index (χ1) is 15.3. The summed E-state index contributed by atoms with van der Waals surface area (Å²) < 4.78 is 28.0. The van der Waals surface area contributed by atoms with E-state index < -0.39 is 10.0 Å². The van der Waals surface area contributed by atoms with Gasteiger partial charge in [-0.05, 0) is 99.7 Å². The van der Waals surface area contributed by atoms with Crippen LogP contribution in [0, 0.1) is 23.2 Å². The number of benzene rings is 1. The zero-order chi connectivity index (χ0) is 22.5. The Kier molecular flexibility index (Phi) is 5.90. The molecule has 0 spiro atoms. The van der Waals surface area contributed by atoms with Crippen LogP contribution >= 0.6 is 0 Å². The van der Waals surface area contributed by atoms with Crippen molar-refractivity contribution in [2.24, 2.45) is 23.2 Å². The number of hydrogen-bond acceptors (Lipinski definition) is 3. The maximum Gasteiger partial charge on any atom is 0.251 e. The summed E-state index contributed by atoms with van der Waals surface area (Å²) in [5, 5.41) is 3.28. The number of hydrogen-bond donors (Lipinski definition) is 1. The van der Waals surface area contributed by atoms with E-state index >= 15 is 0 Å². The predicted molar refractivity (Wildman–Crippen MR) is 126 cm³/mol. The third-order valence-electron chi connectivity index (χ3n) is 9.21. The minimum absolute atomic E-state index is 0.0577. The zero-order valence-electron chi connectivity index (χ0n) is 19.6. The molecule has 0 heterocycles. The Bertz CT molecular complexity index is 932. The van der Waals surface area contributed by atoms with Gasteiger partial charge in [0.25, 0.3) is 5.91 Å². The Morgan fingerprint density at radius 1 is 1.03 bits per heavy atom. The van der Waals surface area contributed by atoms with Crippen LogP contribution in [0.2, 0.25) is 0 Å². The lowest BCUT2D eigenvalue weighted by Crippen LogP contribution is -2.55. The third kappa shape index (κ3) is 4.02. The lowest BCUT2D eigenvalue weighted by atomic mass is 9.48. The van der Waals surface area contributed by atoms with Crippen LogP contribution in [0.4, 0.5) is 0 Å². The smallest absolute Gasteiger partial charge is 0.251 e. The molecule has 1 atom stereocenters. The monoisotopic (exact) mass is 458 g/mol. The highest BCUT2D eigenvalue weighted by molar-refractivity contribution is 7.89. The van der Waals surface area contributed by atoms with Crippen LogP contribution in [0.1, 0.15) is 87.9 Å². The number of nitrogens with zero attached hydrogens (tertiary/aromatic N) is 1. The predicted octanol–water partition coefficient (Wildman–Crippen LogP) is 4.97. The van der Waals surface area contributed by atoms with Crippen LogP contribution < -0.4 is 5.32 Å². The van der Waals surface area contributed by atoms with Crippen molar-refractivity contribution in [1.29, 1.82) is 0 Å². The largest absolute Gasteiger partial charge is 0.349 e. The summed E-state index contributed by atoms with van der Waals surface area (Å²) in [6.07, 6.45) is 13.0. The van der Waals surface area contributed by atoms with Gasteiger partial charge in [-0.2, -0.15) is 4.31 Å². The summed E-state index contributed by atoms with van der Waals surface area (Å²) in [4.78, 5) is 13.4. The van der Waals surface area contributed by atoms with Gasteiger partial charge in [-0.15, -0.1) is 0 Å². The highest BCUT2D eigenvalue weighted by Gasteiger charge is 2.53. The van der Waals surface area contributed by atoms with E-state index in [4.69, 9.17) is 0 Å². The van der Waals surface area contributed by atoms with Crippen LogP contribution in [-0.4, -0.2) is 37.8 Å². The Morgan fingerprint density at radius 2 is 1.62 bits per heavy atom. The zero-order valence-corrected chi connectivity index (χ0v) is 20.4. The first-order valence-corrected chi connectivity index (χ1v) is 14.1. The first-order valence-electron chi connectivity index (χ1n) is 12.7. The van der Waals surface area contributed by atoms with Crippen LogP contribution in [0.3, 0.4) is 0 Å². The van der Waals surface area contributed by atoms with E-state index in [1.165, 1.54) is 49.3 Å². The van der Waals surface area contributed by atoms with Gasteiger partial charge < -0.3 is 5.32 Å². The average Bonchev–Trinajstić information content (AvgIpc) is 2.78. The summed E-state index contributed by atoms with van der Waals surface area (Å²) >= 11 is 0. The molecule has 4 bridgehead atoms. The summed E-state index contributed by atoms with van der Waals surface area (Å²) in [5.41, 5.74) is 0.676. The molecule has 0 radical (unpaired) electrons. The number of amides is 1. The fourth-order valence-electron chi connectivity index (χ4n) is 7.75. The number of carbonyl (C=O) groups is 1. The van der Waals surface area contributed by atoms with Crippen LogP contribution in [0.25, 0.3) is 0 Å². The lowest BCUT2D eigenvalue weighted by Gasteiger charge is -2.59. The average molecular weight is 459 g/mol. The van der Waals surface area contributed by atoms with Crippen molar-refractivity contribution in [2.45, 2.75) is 94.5 Å². The fraction of sp³-hybridized carbons (Fsp3) is 0.731. The SMILES string of the molecule is CC(NC(=O)c1cccc(S(=O)(=O)N(C)C2CCCCC2)c1)C12CC3CC(CC(C3)C1)C2. The van der Waals surface area contributed by atoms with Gasteiger partial charge in [-0.25, -0.2) is 8.42 Å². The summed E-state index contributed by atoms with van der Waals surface area (Å²) in [6, 6.07) is 6.80. The summed E-state index contributed by atoms with van der Waals surface area (Å²) in [7, 11) is -1.92. The van der Waals surface area contributed by atoms with Crippen LogP contribution in [0.15, 0.2) is 29.2 Å². The van der Waals surface area contributed by atoms with Crippen molar-refractivity contribution >= 4 is 15.9 Å². The molecule has 0 saturated heterocycles. The molecule has 5 aliphatic rings. The number of carbonyl (C=O) groups excluding carboxylic acids is 1. The van der Waals surface area contributed by atoms with Crippen molar-refractivity contribution in [3.05, 3.63) is 29.8 Å². The molecule has 1 unspecified atom stereocenters. The number of sulfonamides is 1. The van der Waals surface area contributed by atoms with Gasteiger partial charge in [0.15, 0.2) is 0 Å². The molecule has 176 valence electrons. The molecule has 1 amide bonds.